The average molecular weight is 883 g/mol. The summed E-state index contributed by atoms with van der Waals surface area (Å²) in [5, 5.41) is 0. The van der Waals surface area contributed by atoms with Gasteiger partial charge in [0.1, 0.15) is 0 Å². The molecule has 1 aromatic carbocycles. The molecule has 0 bridgehead atoms. The van der Waals surface area contributed by atoms with Crippen LogP contribution < -0.4 is 0 Å². The molecule has 0 N–H and O–H groups in total. The van der Waals surface area contributed by atoms with Crippen molar-refractivity contribution in [2.75, 3.05) is 0 Å². The molecule has 5 heteroatoms. The van der Waals surface area contributed by atoms with Crippen molar-refractivity contribution in [3.63, 3.8) is 0 Å². The van der Waals surface area contributed by atoms with E-state index >= 15 is 0 Å². The van der Waals surface area contributed by atoms with Gasteiger partial charge >= 0.3 is 0 Å². The van der Waals surface area contributed by atoms with Crippen molar-refractivity contribution < 1.29 is 0 Å². The second kappa shape index (κ2) is 17.6. The molecular formula is C47H63IS4. The van der Waals surface area contributed by atoms with Gasteiger partial charge in [0.25, 0.3) is 0 Å². The van der Waals surface area contributed by atoms with E-state index in [4.69, 9.17) is 0 Å². The van der Waals surface area contributed by atoms with E-state index in [1.54, 1.807) is 62.1 Å². The van der Waals surface area contributed by atoms with Gasteiger partial charge in [0.15, 0.2) is 0 Å². The van der Waals surface area contributed by atoms with Gasteiger partial charge in [-0.05, 0) is 112 Å². The Morgan fingerprint density at radius 3 is 1.65 bits per heavy atom. The van der Waals surface area contributed by atoms with Crippen molar-refractivity contribution in [1.82, 2.24) is 0 Å². The quantitative estimate of drug-likeness (QED) is 0.0480. The topological polar surface area (TPSA) is 0 Å². The summed E-state index contributed by atoms with van der Waals surface area (Å²) >= 11 is 11.1. The van der Waals surface area contributed by atoms with E-state index in [1.807, 2.05) is 0 Å². The van der Waals surface area contributed by atoms with E-state index in [1.165, 1.54) is 149 Å². The maximum Gasteiger partial charge on any atom is 0.0674 e. The minimum atomic E-state index is 0.0889. The third-order valence-corrected chi connectivity index (χ3v) is 18.5. The van der Waals surface area contributed by atoms with E-state index in [9.17, 15) is 0 Å². The minimum absolute atomic E-state index is 0.0889. The fraction of sp³-hybridized carbons (Fsp3) is 0.617. The maximum absolute atomic E-state index is 2.81. The van der Waals surface area contributed by atoms with Crippen LogP contribution in [-0.4, -0.2) is 0 Å². The van der Waals surface area contributed by atoms with Crippen LogP contribution in [0.5, 0.6) is 0 Å². The fourth-order valence-corrected chi connectivity index (χ4v) is 16.7. The fourth-order valence-electron chi connectivity index (χ4n) is 9.93. The van der Waals surface area contributed by atoms with Gasteiger partial charge in [0, 0.05) is 34.9 Å². The first kappa shape index (κ1) is 39.5. The van der Waals surface area contributed by atoms with Gasteiger partial charge in [-0.3, -0.25) is 0 Å². The Labute approximate surface area is 345 Å². The van der Waals surface area contributed by atoms with E-state index in [0.29, 0.717) is 0 Å². The molecule has 4 aromatic heterocycles. The van der Waals surface area contributed by atoms with Gasteiger partial charge < -0.3 is 0 Å². The van der Waals surface area contributed by atoms with Crippen LogP contribution in [0.15, 0.2) is 24.3 Å². The predicted octanol–water partition coefficient (Wildman–Crippen LogP) is 18.2. The summed E-state index contributed by atoms with van der Waals surface area (Å²) in [6.45, 7) is 12.1. The van der Waals surface area contributed by atoms with Crippen LogP contribution in [0.3, 0.4) is 0 Å². The van der Waals surface area contributed by atoms with Gasteiger partial charge in [0.05, 0.1) is 12.3 Å². The molecule has 2 aliphatic rings. The van der Waals surface area contributed by atoms with Crippen molar-refractivity contribution in [1.29, 1.82) is 0 Å². The Balaban J connectivity index is 1.34. The molecule has 0 aliphatic heterocycles. The normalized spacial score (nSPS) is 17.0. The van der Waals surface area contributed by atoms with E-state index in [2.05, 4.69) is 127 Å². The molecule has 0 amide bonds. The Kier molecular flexibility index (Phi) is 13.4. The number of halogens is 1. The SMILES string of the molecule is CCCCCCCCc1cc2sc3c(c2s1)C(C)(CCCCCC)c1cc2c(cc1-3)C(CCCCCC)(CCCCCC)c1c-2sc2cc(I)sc12. The summed E-state index contributed by atoms with van der Waals surface area (Å²) in [7, 11) is 0. The average Bonchev–Trinajstić information content (AvgIpc) is 3.95. The first-order chi connectivity index (χ1) is 25.4. The second-order valence-electron chi connectivity index (χ2n) is 16.6. The number of thiophene rings is 4. The first-order valence-electron chi connectivity index (χ1n) is 21.4. The zero-order valence-corrected chi connectivity index (χ0v) is 38.3. The molecule has 52 heavy (non-hydrogen) atoms. The van der Waals surface area contributed by atoms with Gasteiger partial charge in [-0.15, -0.1) is 45.3 Å². The van der Waals surface area contributed by atoms with Gasteiger partial charge in [0.2, 0.25) is 0 Å². The van der Waals surface area contributed by atoms with Crippen LogP contribution in [0.25, 0.3) is 39.7 Å². The number of rotatable bonds is 22. The molecule has 282 valence electrons. The van der Waals surface area contributed by atoms with Crippen LogP contribution in [-0.2, 0) is 17.3 Å². The number of benzene rings is 1. The van der Waals surface area contributed by atoms with Crippen molar-refractivity contribution >= 4 is 86.7 Å². The number of hydrogen-bond acceptors (Lipinski definition) is 4. The summed E-state index contributed by atoms with van der Waals surface area (Å²) in [5.74, 6) is 0. The number of aryl methyl sites for hydroxylation is 1. The summed E-state index contributed by atoms with van der Waals surface area (Å²) < 4.78 is 7.81. The van der Waals surface area contributed by atoms with Crippen molar-refractivity contribution in [3.05, 3.63) is 54.3 Å². The standard InChI is InChI=1S/C47H63IS4/c1-6-10-14-18-19-20-24-32-28-37-44(49-32)40-42(50-37)33-30-36-34(29-35(33)46(40,5)25-21-15-11-7-2)43-41(45-38(51-43)31-39(48)52-45)47(36,26-22-16-12-8-3)27-23-17-13-9-4/h28-31H,6-27H2,1-5H3. The smallest absolute Gasteiger partial charge is 0.0674 e. The minimum Gasteiger partial charge on any atom is -0.139 e. The van der Waals surface area contributed by atoms with Crippen LogP contribution in [0.1, 0.15) is 197 Å². The monoisotopic (exact) mass is 882 g/mol. The Morgan fingerprint density at radius 2 is 1.00 bits per heavy atom. The maximum atomic E-state index is 2.81. The molecule has 0 spiro atoms. The molecule has 0 radical (unpaired) electrons. The largest absolute Gasteiger partial charge is 0.139 e. The van der Waals surface area contributed by atoms with Crippen molar-refractivity contribution in [3.8, 4) is 20.9 Å². The molecular weight excluding hydrogens is 820 g/mol. The molecule has 0 fully saturated rings. The molecule has 0 saturated carbocycles. The first-order valence-corrected chi connectivity index (χ1v) is 25.7. The number of hydrogen-bond donors (Lipinski definition) is 0. The van der Waals surface area contributed by atoms with Gasteiger partial charge in [-0.25, -0.2) is 0 Å². The lowest BCUT2D eigenvalue weighted by atomic mass is 9.70. The highest BCUT2D eigenvalue weighted by Gasteiger charge is 2.49. The highest BCUT2D eigenvalue weighted by Crippen LogP contribution is 2.65. The third kappa shape index (κ3) is 7.43. The molecule has 0 nitrogen and oxygen atoms in total. The van der Waals surface area contributed by atoms with E-state index in [0.717, 1.165) is 0 Å². The lowest BCUT2D eigenvalue weighted by Gasteiger charge is -2.33. The third-order valence-electron chi connectivity index (χ3n) is 12.8. The van der Waals surface area contributed by atoms with Gasteiger partial charge in [-0.1, -0.05) is 144 Å². The molecule has 7 rings (SSSR count). The van der Waals surface area contributed by atoms with Gasteiger partial charge in [-0.2, -0.15) is 0 Å². The zero-order chi connectivity index (χ0) is 36.3. The van der Waals surface area contributed by atoms with E-state index in [-0.39, 0.29) is 10.8 Å². The summed E-state index contributed by atoms with van der Waals surface area (Å²) in [4.78, 5) is 4.88. The molecule has 4 heterocycles. The summed E-state index contributed by atoms with van der Waals surface area (Å²) in [5.41, 5.74) is 10.3. The molecule has 2 aliphatic carbocycles. The Morgan fingerprint density at radius 1 is 0.500 bits per heavy atom. The Hall–Kier alpha value is -0.730. The summed E-state index contributed by atoms with van der Waals surface area (Å²) in [6, 6.07) is 10.7. The lowest BCUT2D eigenvalue weighted by Crippen LogP contribution is -2.26. The summed E-state index contributed by atoms with van der Waals surface area (Å²) in [6.07, 6.45) is 29.5. The van der Waals surface area contributed by atoms with Crippen molar-refractivity contribution in [2.45, 2.75) is 187 Å². The molecule has 1 atom stereocenters. The van der Waals surface area contributed by atoms with E-state index < -0.39 is 0 Å². The second-order valence-corrected chi connectivity index (χ2v) is 22.8. The Bertz CT molecular complexity index is 1930. The predicted molar refractivity (Wildman–Crippen MR) is 247 cm³/mol. The van der Waals surface area contributed by atoms with Crippen LogP contribution in [0.2, 0.25) is 0 Å². The van der Waals surface area contributed by atoms with Crippen molar-refractivity contribution in [2.24, 2.45) is 0 Å². The van der Waals surface area contributed by atoms with Crippen LogP contribution in [0, 0.1) is 2.88 Å². The lowest BCUT2D eigenvalue weighted by molar-refractivity contribution is 0.404. The number of fused-ring (bicyclic) bond motifs is 10. The highest BCUT2D eigenvalue weighted by atomic mass is 127. The molecule has 1 unspecified atom stereocenters. The molecule has 5 aromatic rings. The van der Waals surface area contributed by atoms with Crippen LogP contribution >= 0.6 is 67.9 Å². The van der Waals surface area contributed by atoms with Crippen LogP contribution in [0.4, 0.5) is 0 Å². The highest BCUT2D eigenvalue weighted by molar-refractivity contribution is 14.1. The number of unbranched alkanes of at least 4 members (excludes halogenated alkanes) is 14. The molecule has 0 saturated heterocycles. The zero-order valence-electron chi connectivity index (χ0n) is 32.9.